The maximum absolute atomic E-state index is 5.98. The Labute approximate surface area is 127 Å². The zero-order valence-corrected chi connectivity index (χ0v) is 13.0. The zero-order chi connectivity index (χ0) is 12.7. The van der Waals surface area contributed by atoms with Gasteiger partial charge in [0.15, 0.2) is 0 Å². The Morgan fingerprint density at radius 3 is 2.89 bits per heavy atom. The smallest absolute Gasteiger partial charge is 0.201 e. The van der Waals surface area contributed by atoms with Gasteiger partial charge >= 0.3 is 0 Å². The molecule has 2 N–H and O–H groups in total. The van der Waals surface area contributed by atoms with E-state index in [4.69, 9.17) is 17.3 Å². The van der Waals surface area contributed by atoms with Crippen molar-refractivity contribution in [3.05, 3.63) is 43.1 Å². The predicted molar refractivity (Wildman–Crippen MR) is 85.3 cm³/mol. The Hall–Kier alpha value is -0.790. The minimum atomic E-state index is 0.538. The normalized spacial score (nSPS) is 11.2. The first-order valence-electron chi connectivity index (χ1n) is 5.29. The Kier molecular flexibility index (Phi) is 3.21. The monoisotopic (exact) mass is 389 g/mol. The van der Waals surface area contributed by atoms with Gasteiger partial charge in [0.2, 0.25) is 5.95 Å². The second-order valence-corrected chi connectivity index (χ2v) is 6.94. The van der Waals surface area contributed by atoms with Crippen LogP contribution in [0.5, 0.6) is 0 Å². The summed E-state index contributed by atoms with van der Waals surface area (Å²) in [6, 6.07) is 10.1. The summed E-state index contributed by atoms with van der Waals surface area (Å²) in [5.41, 5.74) is 7.96. The quantitative estimate of drug-likeness (QED) is 0.674. The number of aromatic nitrogens is 2. The van der Waals surface area contributed by atoms with Crippen molar-refractivity contribution in [1.82, 2.24) is 9.55 Å². The molecule has 0 radical (unpaired) electrons. The molecule has 6 heteroatoms. The van der Waals surface area contributed by atoms with Crippen LogP contribution in [0, 0.1) is 3.57 Å². The van der Waals surface area contributed by atoms with Gasteiger partial charge in [0.05, 0.1) is 21.9 Å². The second-order valence-electron chi connectivity index (χ2n) is 3.90. The molecule has 0 amide bonds. The molecule has 0 saturated heterocycles. The number of thiophene rings is 1. The van der Waals surface area contributed by atoms with Gasteiger partial charge in [0, 0.05) is 8.45 Å². The lowest BCUT2D eigenvalue weighted by Crippen LogP contribution is -2.03. The summed E-state index contributed by atoms with van der Waals surface area (Å²) in [4.78, 5) is 5.56. The highest BCUT2D eigenvalue weighted by molar-refractivity contribution is 14.1. The van der Waals surface area contributed by atoms with Crippen LogP contribution in [0.1, 0.15) is 4.88 Å². The van der Waals surface area contributed by atoms with Crippen LogP contribution in [0.15, 0.2) is 30.3 Å². The average Bonchev–Trinajstić information content (AvgIpc) is 2.84. The Balaban J connectivity index is 2.08. The minimum absolute atomic E-state index is 0.538. The highest BCUT2D eigenvalue weighted by Crippen LogP contribution is 2.26. The first kappa shape index (κ1) is 12.3. The number of hydrogen-bond acceptors (Lipinski definition) is 3. The van der Waals surface area contributed by atoms with E-state index < -0.39 is 0 Å². The van der Waals surface area contributed by atoms with Crippen molar-refractivity contribution in [2.24, 2.45) is 0 Å². The number of benzene rings is 1. The Bertz CT molecular complexity index is 719. The number of halogens is 2. The van der Waals surface area contributed by atoms with Gasteiger partial charge < -0.3 is 10.3 Å². The number of hydrogen-bond donors (Lipinski definition) is 1. The lowest BCUT2D eigenvalue weighted by atomic mass is 10.3. The van der Waals surface area contributed by atoms with Crippen LogP contribution in [-0.2, 0) is 6.54 Å². The molecule has 0 fully saturated rings. The molecule has 3 rings (SSSR count). The van der Waals surface area contributed by atoms with Gasteiger partial charge in [0.25, 0.3) is 0 Å². The molecule has 0 saturated carbocycles. The van der Waals surface area contributed by atoms with Crippen molar-refractivity contribution >= 4 is 62.5 Å². The number of nitrogen functional groups attached to an aromatic ring is 1. The Morgan fingerprint density at radius 2 is 2.17 bits per heavy atom. The van der Waals surface area contributed by atoms with Crippen LogP contribution in [0.4, 0.5) is 5.95 Å². The third-order valence-corrected chi connectivity index (χ3v) is 4.57. The molecular formula is C12H9ClIN3S. The molecule has 0 bridgehead atoms. The molecule has 0 aliphatic rings. The van der Waals surface area contributed by atoms with E-state index in [0.29, 0.717) is 12.5 Å². The summed E-state index contributed by atoms with van der Waals surface area (Å²) in [7, 11) is 0. The standard InChI is InChI=1S/C12H9ClIN3S/c13-11-4-2-8(18-11)6-17-10-3-1-7(14)5-9(10)16-12(17)15/h1-5H,6H2,(H2,15,16). The average molecular weight is 390 g/mol. The van der Waals surface area contributed by atoms with Gasteiger partial charge in [-0.1, -0.05) is 11.6 Å². The number of rotatable bonds is 2. The highest BCUT2D eigenvalue weighted by atomic mass is 127. The largest absolute Gasteiger partial charge is 0.369 e. The van der Waals surface area contributed by atoms with Crippen LogP contribution >= 0.6 is 45.5 Å². The summed E-state index contributed by atoms with van der Waals surface area (Å²) < 4.78 is 3.96. The van der Waals surface area contributed by atoms with Crippen molar-refractivity contribution in [3.63, 3.8) is 0 Å². The van der Waals surface area contributed by atoms with Crippen molar-refractivity contribution in [3.8, 4) is 0 Å². The van der Waals surface area contributed by atoms with Crippen LogP contribution in [-0.4, -0.2) is 9.55 Å². The Morgan fingerprint density at radius 1 is 1.33 bits per heavy atom. The highest BCUT2D eigenvalue weighted by Gasteiger charge is 2.09. The van der Waals surface area contributed by atoms with E-state index in [1.165, 1.54) is 4.88 Å². The van der Waals surface area contributed by atoms with E-state index in [0.717, 1.165) is 18.9 Å². The second kappa shape index (κ2) is 4.71. The molecule has 0 aliphatic heterocycles. The van der Waals surface area contributed by atoms with Gasteiger partial charge in [-0.3, -0.25) is 0 Å². The summed E-state index contributed by atoms with van der Waals surface area (Å²) in [6.45, 7) is 0.709. The van der Waals surface area contributed by atoms with E-state index in [9.17, 15) is 0 Å². The summed E-state index contributed by atoms with van der Waals surface area (Å²) in [5, 5.41) is 0. The van der Waals surface area contributed by atoms with Crippen LogP contribution < -0.4 is 5.73 Å². The molecule has 3 aromatic rings. The lowest BCUT2D eigenvalue weighted by molar-refractivity contribution is 0.853. The van der Waals surface area contributed by atoms with Gasteiger partial charge in [0.1, 0.15) is 0 Å². The van der Waals surface area contributed by atoms with Crippen molar-refractivity contribution in [2.75, 3.05) is 5.73 Å². The maximum Gasteiger partial charge on any atom is 0.201 e. The number of anilines is 1. The van der Waals surface area contributed by atoms with Crippen molar-refractivity contribution in [1.29, 1.82) is 0 Å². The van der Waals surface area contributed by atoms with Gasteiger partial charge in [-0.05, 0) is 52.9 Å². The summed E-state index contributed by atoms with van der Waals surface area (Å²) in [5.74, 6) is 0.538. The first-order valence-corrected chi connectivity index (χ1v) is 7.56. The fourth-order valence-corrected chi connectivity index (χ4v) is 3.43. The molecule has 0 unspecified atom stereocenters. The molecule has 2 heterocycles. The van der Waals surface area contributed by atoms with Gasteiger partial charge in [-0.25, -0.2) is 4.98 Å². The molecule has 92 valence electrons. The molecule has 0 atom stereocenters. The third-order valence-electron chi connectivity index (χ3n) is 2.68. The minimum Gasteiger partial charge on any atom is -0.369 e. The van der Waals surface area contributed by atoms with Crippen LogP contribution in [0.2, 0.25) is 4.34 Å². The van der Waals surface area contributed by atoms with Gasteiger partial charge in [-0.2, -0.15) is 0 Å². The lowest BCUT2D eigenvalue weighted by Gasteiger charge is -2.04. The molecule has 18 heavy (non-hydrogen) atoms. The maximum atomic E-state index is 5.98. The predicted octanol–water partition coefficient (Wildman–Crippen LogP) is 3.99. The van der Waals surface area contributed by atoms with E-state index >= 15 is 0 Å². The number of nitrogens with zero attached hydrogens (tertiary/aromatic N) is 2. The summed E-state index contributed by atoms with van der Waals surface area (Å²) >= 11 is 9.78. The topological polar surface area (TPSA) is 43.8 Å². The van der Waals surface area contributed by atoms with E-state index in [1.807, 2.05) is 22.8 Å². The first-order chi connectivity index (χ1) is 8.63. The van der Waals surface area contributed by atoms with Crippen molar-refractivity contribution < 1.29 is 0 Å². The summed E-state index contributed by atoms with van der Waals surface area (Å²) in [6.07, 6.45) is 0. The molecular weight excluding hydrogens is 381 g/mol. The molecule has 3 nitrogen and oxygen atoms in total. The van der Waals surface area contributed by atoms with E-state index in [1.54, 1.807) is 11.3 Å². The molecule has 1 aromatic carbocycles. The molecule has 0 spiro atoms. The SMILES string of the molecule is Nc1nc2cc(I)ccc2n1Cc1ccc(Cl)s1. The number of nitrogens with two attached hydrogens (primary N) is 1. The van der Waals surface area contributed by atoms with Crippen LogP contribution in [0.3, 0.4) is 0 Å². The zero-order valence-electron chi connectivity index (χ0n) is 9.23. The van der Waals surface area contributed by atoms with Crippen LogP contribution in [0.25, 0.3) is 11.0 Å². The van der Waals surface area contributed by atoms with E-state index in [2.05, 4.69) is 39.7 Å². The third kappa shape index (κ3) is 2.22. The van der Waals surface area contributed by atoms with Crippen molar-refractivity contribution in [2.45, 2.75) is 6.54 Å². The van der Waals surface area contributed by atoms with E-state index in [-0.39, 0.29) is 0 Å². The number of imidazole rings is 1. The molecule has 2 aromatic heterocycles. The fourth-order valence-electron chi connectivity index (χ4n) is 1.88. The number of fused-ring (bicyclic) bond motifs is 1. The fraction of sp³-hybridized carbons (Fsp3) is 0.0833. The molecule has 0 aliphatic carbocycles. The van der Waals surface area contributed by atoms with Gasteiger partial charge in [-0.15, -0.1) is 11.3 Å².